The summed E-state index contributed by atoms with van der Waals surface area (Å²) in [5.74, 6) is 1.08. The highest BCUT2D eigenvalue weighted by atomic mass is 19.1. The van der Waals surface area contributed by atoms with Gasteiger partial charge in [0.1, 0.15) is 23.3 Å². The average molecular weight is 474 g/mol. The van der Waals surface area contributed by atoms with Crippen LogP contribution < -0.4 is 15.0 Å². The molecule has 0 amide bonds. The quantitative estimate of drug-likeness (QED) is 0.600. The molecule has 1 N–H and O–H groups in total. The van der Waals surface area contributed by atoms with Gasteiger partial charge in [-0.15, -0.1) is 0 Å². The number of nitrogens with one attached hydrogen (secondary N) is 1. The lowest BCUT2D eigenvalue weighted by atomic mass is 9.98. The number of anilines is 1. The lowest BCUT2D eigenvalue weighted by molar-refractivity contribution is 0.0588. The molecule has 2 fully saturated rings. The van der Waals surface area contributed by atoms with Crippen LogP contribution in [-0.4, -0.2) is 66.8 Å². The topological polar surface area (TPSA) is 85.5 Å². The molecule has 3 aromatic rings. The lowest BCUT2D eigenvalue weighted by Crippen LogP contribution is -2.55. The molecule has 4 heterocycles. The summed E-state index contributed by atoms with van der Waals surface area (Å²) in [4.78, 5) is 10.9. The van der Waals surface area contributed by atoms with Gasteiger partial charge in [0.05, 0.1) is 25.8 Å². The number of piperidine rings is 1. The Kier molecular flexibility index (Phi) is 6.35. The van der Waals surface area contributed by atoms with Gasteiger partial charge in [-0.05, 0) is 44.7 Å². The van der Waals surface area contributed by atoms with E-state index >= 15 is 4.39 Å². The molecule has 0 aliphatic carbocycles. The molecule has 10 heteroatoms. The van der Waals surface area contributed by atoms with Crippen molar-refractivity contribution in [1.29, 1.82) is 0 Å². The minimum Gasteiger partial charge on any atom is -0.497 e. The summed E-state index contributed by atoms with van der Waals surface area (Å²) in [7, 11) is 1.49. The predicted molar refractivity (Wildman–Crippen MR) is 124 cm³/mol. The van der Waals surface area contributed by atoms with Crippen LogP contribution >= 0.6 is 0 Å². The van der Waals surface area contributed by atoms with E-state index in [1.165, 1.54) is 13.2 Å². The average Bonchev–Trinajstić information content (AvgIpc) is 3.27. The van der Waals surface area contributed by atoms with E-state index in [1.807, 2.05) is 11.8 Å². The molecule has 2 aliphatic rings. The third kappa shape index (κ3) is 4.32. The molecule has 2 aliphatic heterocycles. The highest BCUT2D eigenvalue weighted by molar-refractivity contribution is 5.93. The van der Waals surface area contributed by atoms with Crippen molar-refractivity contribution in [2.24, 2.45) is 0 Å². The SMILES string of the molecule is COc1cc(F)c2nc(N3CC[C@@H](N[C@@H]4CCCOC4)[C@H](F)C3)c(-c3nc(C)no3)c(C)c2c1. The van der Waals surface area contributed by atoms with Crippen molar-refractivity contribution in [3.05, 3.63) is 29.3 Å². The van der Waals surface area contributed by atoms with Gasteiger partial charge in [0.2, 0.25) is 0 Å². The molecule has 182 valence electrons. The molecule has 5 rings (SSSR count). The Morgan fingerprint density at radius 1 is 1.21 bits per heavy atom. The first-order valence-corrected chi connectivity index (χ1v) is 11.7. The van der Waals surface area contributed by atoms with Crippen LogP contribution in [0, 0.1) is 19.7 Å². The minimum absolute atomic E-state index is 0.126. The summed E-state index contributed by atoms with van der Waals surface area (Å²) < 4.78 is 46.6. The zero-order chi connectivity index (χ0) is 23.8. The first-order chi connectivity index (χ1) is 16.4. The fourth-order valence-electron chi connectivity index (χ4n) is 4.90. The smallest absolute Gasteiger partial charge is 0.261 e. The molecular formula is C24H29F2N5O3. The lowest BCUT2D eigenvalue weighted by Gasteiger charge is -2.38. The van der Waals surface area contributed by atoms with Gasteiger partial charge in [-0.1, -0.05) is 5.16 Å². The molecule has 0 unspecified atom stereocenters. The summed E-state index contributed by atoms with van der Waals surface area (Å²) in [6, 6.07) is 2.94. The molecule has 2 aromatic heterocycles. The number of pyridine rings is 1. The van der Waals surface area contributed by atoms with E-state index < -0.39 is 12.0 Å². The number of rotatable bonds is 5. The number of ether oxygens (including phenoxy) is 2. The van der Waals surface area contributed by atoms with E-state index in [9.17, 15) is 4.39 Å². The van der Waals surface area contributed by atoms with Crippen LogP contribution in [0.25, 0.3) is 22.4 Å². The maximum Gasteiger partial charge on any atom is 0.261 e. The maximum absolute atomic E-state index is 15.4. The molecule has 0 radical (unpaired) electrons. The Hall–Kier alpha value is -2.85. The molecular weight excluding hydrogens is 444 g/mol. The van der Waals surface area contributed by atoms with Gasteiger partial charge in [0.25, 0.3) is 5.89 Å². The number of aryl methyl sites for hydroxylation is 2. The fraction of sp³-hybridized carbons (Fsp3) is 0.542. The highest BCUT2D eigenvalue weighted by Crippen LogP contribution is 2.39. The minimum atomic E-state index is -1.12. The zero-order valence-electron chi connectivity index (χ0n) is 19.6. The van der Waals surface area contributed by atoms with E-state index in [0.29, 0.717) is 47.9 Å². The van der Waals surface area contributed by atoms with Crippen molar-refractivity contribution in [3.8, 4) is 17.2 Å². The van der Waals surface area contributed by atoms with E-state index in [4.69, 9.17) is 14.0 Å². The second-order valence-corrected chi connectivity index (χ2v) is 9.03. The Balaban J connectivity index is 1.51. The van der Waals surface area contributed by atoms with Crippen LogP contribution in [0.15, 0.2) is 16.7 Å². The molecule has 34 heavy (non-hydrogen) atoms. The normalized spacial score (nSPS) is 23.4. The van der Waals surface area contributed by atoms with E-state index in [-0.39, 0.29) is 30.0 Å². The van der Waals surface area contributed by atoms with E-state index in [0.717, 1.165) is 25.0 Å². The molecule has 0 bridgehead atoms. The van der Waals surface area contributed by atoms with Crippen LogP contribution in [0.4, 0.5) is 14.6 Å². The van der Waals surface area contributed by atoms with Gasteiger partial charge in [0, 0.05) is 36.7 Å². The van der Waals surface area contributed by atoms with Crippen LogP contribution in [0.2, 0.25) is 0 Å². The van der Waals surface area contributed by atoms with E-state index in [1.54, 1.807) is 13.0 Å². The van der Waals surface area contributed by atoms with E-state index in [2.05, 4.69) is 20.4 Å². The van der Waals surface area contributed by atoms with Crippen molar-refractivity contribution < 1.29 is 22.8 Å². The predicted octanol–water partition coefficient (Wildman–Crippen LogP) is 3.73. The number of hydrogen-bond donors (Lipinski definition) is 1. The first-order valence-electron chi connectivity index (χ1n) is 11.7. The van der Waals surface area contributed by atoms with Crippen molar-refractivity contribution in [1.82, 2.24) is 20.4 Å². The highest BCUT2D eigenvalue weighted by Gasteiger charge is 2.34. The van der Waals surface area contributed by atoms with Crippen LogP contribution in [-0.2, 0) is 4.74 Å². The number of fused-ring (bicyclic) bond motifs is 1. The Labute approximate surface area is 196 Å². The van der Waals surface area contributed by atoms with Crippen molar-refractivity contribution in [2.75, 3.05) is 38.3 Å². The number of halogens is 2. The number of alkyl halides is 1. The monoisotopic (exact) mass is 473 g/mol. The third-order valence-corrected chi connectivity index (χ3v) is 6.69. The summed E-state index contributed by atoms with van der Waals surface area (Å²) in [6.07, 6.45) is 1.44. The number of hydrogen-bond acceptors (Lipinski definition) is 8. The molecule has 8 nitrogen and oxygen atoms in total. The van der Waals surface area contributed by atoms with Crippen LogP contribution in [0.3, 0.4) is 0 Å². The Morgan fingerprint density at radius 3 is 2.74 bits per heavy atom. The molecule has 3 atom stereocenters. The van der Waals surface area contributed by atoms with Gasteiger partial charge in [0.15, 0.2) is 11.6 Å². The summed E-state index contributed by atoms with van der Waals surface area (Å²) >= 11 is 0. The number of benzene rings is 1. The second kappa shape index (κ2) is 9.42. The number of aromatic nitrogens is 3. The molecule has 0 spiro atoms. The molecule has 2 saturated heterocycles. The summed E-state index contributed by atoms with van der Waals surface area (Å²) in [5, 5.41) is 7.93. The van der Waals surface area contributed by atoms with Crippen molar-refractivity contribution >= 4 is 16.7 Å². The largest absolute Gasteiger partial charge is 0.497 e. The molecule has 0 saturated carbocycles. The van der Waals surface area contributed by atoms with Crippen LogP contribution in [0.5, 0.6) is 5.75 Å². The number of nitrogens with zero attached hydrogens (tertiary/aromatic N) is 4. The van der Waals surface area contributed by atoms with Gasteiger partial charge in [-0.2, -0.15) is 4.98 Å². The summed E-state index contributed by atoms with van der Waals surface area (Å²) in [5.41, 5.74) is 1.50. The Morgan fingerprint density at radius 2 is 2.06 bits per heavy atom. The first kappa shape index (κ1) is 22.9. The van der Waals surface area contributed by atoms with Gasteiger partial charge >= 0.3 is 0 Å². The number of methoxy groups -OCH3 is 1. The second-order valence-electron chi connectivity index (χ2n) is 9.03. The van der Waals surface area contributed by atoms with Gasteiger partial charge in [-0.25, -0.2) is 13.8 Å². The van der Waals surface area contributed by atoms with Crippen LogP contribution in [0.1, 0.15) is 30.7 Å². The summed E-state index contributed by atoms with van der Waals surface area (Å²) in [6.45, 7) is 5.64. The standard InChI is InChI=1S/C24H29F2N5O3/c1-13-17-9-16(32-3)10-18(25)22(17)29-23(21(13)24-27-14(2)30-34-24)31-7-6-20(19(26)11-31)28-15-5-4-8-33-12-15/h9-10,15,19-20,28H,4-8,11-12H2,1-3H3/t15-,19-,20-/m1/s1. The zero-order valence-corrected chi connectivity index (χ0v) is 19.6. The van der Waals surface area contributed by atoms with Gasteiger partial charge in [-0.3, -0.25) is 0 Å². The fourth-order valence-corrected chi connectivity index (χ4v) is 4.90. The maximum atomic E-state index is 15.4. The van der Waals surface area contributed by atoms with Crippen molar-refractivity contribution in [2.45, 2.75) is 51.4 Å². The molecule has 1 aromatic carbocycles. The van der Waals surface area contributed by atoms with Crippen molar-refractivity contribution in [3.63, 3.8) is 0 Å². The third-order valence-electron chi connectivity index (χ3n) is 6.69. The Bertz CT molecular complexity index is 1180. The van der Waals surface area contributed by atoms with Gasteiger partial charge < -0.3 is 24.2 Å².